The molecule has 19 heavy (non-hydrogen) atoms. The molecule has 1 aliphatic heterocycles. The molecular formula is C14H18F2N2S. The Morgan fingerprint density at radius 1 is 1.21 bits per heavy atom. The van der Waals surface area contributed by atoms with E-state index in [4.69, 9.17) is 18.0 Å². The van der Waals surface area contributed by atoms with Crippen LogP contribution in [-0.2, 0) is 0 Å². The SMILES string of the molecule is CC1CC(C)CN(c2ccc(C(N)=S)c(F)c2F)C1. The number of piperidine rings is 1. The zero-order chi connectivity index (χ0) is 14.2. The Balaban J connectivity index is 2.35. The van der Waals surface area contributed by atoms with Crippen molar-refractivity contribution in [3.63, 3.8) is 0 Å². The summed E-state index contributed by atoms with van der Waals surface area (Å²) in [4.78, 5) is 1.78. The molecule has 2 nitrogen and oxygen atoms in total. The van der Waals surface area contributed by atoms with Crippen LogP contribution in [0.15, 0.2) is 12.1 Å². The molecule has 0 saturated carbocycles. The monoisotopic (exact) mass is 284 g/mol. The number of rotatable bonds is 2. The number of thiocarbonyl (C=S) groups is 1. The first kappa shape index (κ1) is 14.2. The summed E-state index contributed by atoms with van der Waals surface area (Å²) in [7, 11) is 0. The molecule has 0 aliphatic carbocycles. The number of nitrogens with zero attached hydrogens (tertiary/aromatic N) is 1. The van der Waals surface area contributed by atoms with Crippen molar-refractivity contribution in [2.24, 2.45) is 17.6 Å². The minimum absolute atomic E-state index is 0.0330. The van der Waals surface area contributed by atoms with Crippen LogP contribution >= 0.6 is 12.2 Å². The van der Waals surface area contributed by atoms with Gasteiger partial charge in [-0.05, 0) is 30.4 Å². The minimum atomic E-state index is -0.948. The molecule has 2 unspecified atom stereocenters. The fourth-order valence-electron chi connectivity index (χ4n) is 2.83. The number of hydrogen-bond acceptors (Lipinski definition) is 2. The van der Waals surface area contributed by atoms with Crippen molar-refractivity contribution < 1.29 is 8.78 Å². The van der Waals surface area contributed by atoms with Gasteiger partial charge in [-0.1, -0.05) is 26.1 Å². The Kier molecular flexibility index (Phi) is 4.04. The van der Waals surface area contributed by atoms with E-state index in [-0.39, 0.29) is 10.6 Å². The highest BCUT2D eigenvalue weighted by molar-refractivity contribution is 7.80. The van der Waals surface area contributed by atoms with Crippen molar-refractivity contribution in [1.29, 1.82) is 0 Å². The third-order valence-corrected chi connectivity index (χ3v) is 3.76. The summed E-state index contributed by atoms with van der Waals surface area (Å²) in [5.74, 6) is -0.856. The van der Waals surface area contributed by atoms with Crippen LogP contribution in [0.3, 0.4) is 0 Å². The molecule has 1 aromatic rings. The molecular weight excluding hydrogens is 266 g/mol. The van der Waals surface area contributed by atoms with Crippen molar-refractivity contribution in [2.75, 3.05) is 18.0 Å². The number of benzene rings is 1. The van der Waals surface area contributed by atoms with Crippen LogP contribution in [0.5, 0.6) is 0 Å². The smallest absolute Gasteiger partial charge is 0.182 e. The first-order chi connectivity index (χ1) is 8.90. The van der Waals surface area contributed by atoms with E-state index in [2.05, 4.69) is 13.8 Å². The maximum Gasteiger partial charge on any atom is 0.182 e. The van der Waals surface area contributed by atoms with Crippen LogP contribution in [0.25, 0.3) is 0 Å². The lowest BCUT2D eigenvalue weighted by Crippen LogP contribution is -2.39. The molecule has 1 aliphatic rings. The van der Waals surface area contributed by atoms with Gasteiger partial charge >= 0.3 is 0 Å². The minimum Gasteiger partial charge on any atom is -0.389 e. The van der Waals surface area contributed by atoms with Crippen molar-refractivity contribution in [1.82, 2.24) is 0 Å². The standard InChI is InChI=1S/C14H18F2N2S/c1-8-5-9(2)7-18(6-8)11-4-3-10(14(17)19)12(15)13(11)16/h3-4,8-9H,5-7H2,1-2H3,(H2,17,19). The first-order valence-electron chi connectivity index (χ1n) is 6.43. The highest BCUT2D eigenvalue weighted by Crippen LogP contribution is 2.30. The van der Waals surface area contributed by atoms with Gasteiger partial charge in [0.2, 0.25) is 0 Å². The molecule has 5 heteroatoms. The van der Waals surface area contributed by atoms with Crippen LogP contribution in [0.4, 0.5) is 14.5 Å². The van der Waals surface area contributed by atoms with Crippen molar-refractivity contribution in [3.05, 3.63) is 29.3 Å². The van der Waals surface area contributed by atoms with E-state index in [1.165, 1.54) is 6.07 Å². The Labute approximate surface area is 117 Å². The van der Waals surface area contributed by atoms with Crippen LogP contribution in [0.1, 0.15) is 25.8 Å². The summed E-state index contributed by atoms with van der Waals surface area (Å²) in [6.07, 6.45) is 1.12. The molecule has 2 atom stereocenters. The molecule has 2 N–H and O–H groups in total. The molecule has 0 aromatic heterocycles. The predicted octanol–water partition coefficient (Wildman–Crippen LogP) is 3.08. The summed E-state index contributed by atoms with van der Waals surface area (Å²) >= 11 is 4.70. The van der Waals surface area contributed by atoms with Gasteiger partial charge in [0.25, 0.3) is 0 Å². The van der Waals surface area contributed by atoms with E-state index in [0.29, 0.717) is 17.5 Å². The molecule has 0 amide bonds. The van der Waals surface area contributed by atoms with Crippen molar-refractivity contribution in [3.8, 4) is 0 Å². The number of halogens is 2. The van der Waals surface area contributed by atoms with Gasteiger partial charge in [-0.25, -0.2) is 8.78 Å². The predicted molar refractivity (Wildman–Crippen MR) is 77.4 cm³/mol. The summed E-state index contributed by atoms with van der Waals surface area (Å²) in [5.41, 5.74) is 5.64. The molecule has 2 rings (SSSR count). The van der Waals surface area contributed by atoms with Gasteiger partial charge in [-0.2, -0.15) is 0 Å². The fourth-order valence-corrected chi connectivity index (χ4v) is 2.99. The van der Waals surface area contributed by atoms with Gasteiger partial charge in [0.1, 0.15) is 4.99 Å². The van der Waals surface area contributed by atoms with Crippen LogP contribution in [-0.4, -0.2) is 18.1 Å². The molecule has 104 valence electrons. The Morgan fingerprint density at radius 2 is 1.79 bits per heavy atom. The van der Waals surface area contributed by atoms with Crippen LogP contribution < -0.4 is 10.6 Å². The van der Waals surface area contributed by atoms with Gasteiger partial charge in [0, 0.05) is 18.7 Å². The molecule has 1 fully saturated rings. The van der Waals surface area contributed by atoms with Gasteiger partial charge in [-0.3, -0.25) is 0 Å². The largest absolute Gasteiger partial charge is 0.389 e. The average Bonchev–Trinajstić information content (AvgIpc) is 2.30. The third-order valence-electron chi connectivity index (χ3n) is 3.54. The van der Waals surface area contributed by atoms with Crippen LogP contribution in [0, 0.1) is 23.5 Å². The normalized spacial score (nSPS) is 23.5. The quantitative estimate of drug-likeness (QED) is 0.846. The van der Waals surface area contributed by atoms with Gasteiger partial charge in [0.15, 0.2) is 11.6 Å². The zero-order valence-corrected chi connectivity index (χ0v) is 11.9. The second-order valence-corrected chi connectivity index (χ2v) is 5.92. The van der Waals surface area contributed by atoms with E-state index < -0.39 is 11.6 Å². The van der Waals surface area contributed by atoms with Gasteiger partial charge in [-0.15, -0.1) is 0 Å². The van der Waals surface area contributed by atoms with E-state index in [9.17, 15) is 8.78 Å². The molecule has 0 bridgehead atoms. The Morgan fingerprint density at radius 3 is 2.32 bits per heavy atom. The van der Waals surface area contributed by atoms with E-state index in [1.807, 2.05) is 4.90 Å². The van der Waals surface area contributed by atoms with Crippen LogP contribution in [0.2, 0.25) is 0 Å². The summed E-state index contributed by atoms with van der Waals surface area (Å²) in [6, 6.07) is 3.03. The Hall–Kier alpha value is -1.23. The lowest BCUT2D eigenvalue weighted by molar-refractivity contribution is 0.353. The van der Waals surface area contributed by atoms with Crippen molar-refractivity contribution >= 4 is 22.9 Å². The highest BCUT2D eigenvalue weighted by atomic mass is 32.1. The number of anilines is 1. The maximum absolute atomic E-state index is 14.1. The van der Waals surface area contributed by atoms with E-state index in [0.717, 1.165) is 19.5 Å². The lowest BCUT2D eigenvalue weighted by Gasteiger charge is -2.36. The molecule has 1 saturated heterocycles. The molecule has 0 radical (unpaired) electrons. The molecule has 1 heterocycles. The summed E-state index contributed by atoms with van der Waals surface area (Å²) < 4.78 is 28.0. The summed E-state index contributed by atoms with van der Waals surface area (Å²) in [5, 5.41) is 0. The zero-order valence-electron chi connectivity index (χ0n) is 11.1. The highest BCUT2D eigenvalue weighted by Gasteiger charge is 2.26. The van der Waals surface area contributed by atoms with E-state index in [1.54, 1.807) is 6.07 Å². The second-order valence-electron chi connectivity index (χ2n) is 5.48. The maximum atomic E-state index is 14.1. The number of hydrogen-bond donors (Lipinski definition) is 1. The Bertz CT molecular complexity index is 494. The summed E-state index contributed by atoms with van der Waals surface area (Å²) in [6.45, 7) is 5.74. The second kappa shape index (κ2) is 5.41. The number of nitrogens with two attached hydrogens (primary N) is 1. The van der Waals surface area contributed by atoms with E-state index >= 15 is 0 Å². The first-order valence-corrected chi connectivity index (χ1v) is 6.83. The topological polar surface area (TPSA) is 29.3 Å². The van der Waals surface area contributed by atoms with Gasteiger partial charge in [0.05, 0.1) is 5.69 Å². The van der Waals surface area contributed by atoms with Gasteiger partial charge < -0.3 is 10.6 Å². The molecule has 1 aromatic carbocycles. The third kappa shape index (κ3) is 2.86. The lowest BCUT2D eigenvalue weighted by atomic mass is 9.91. The molecule has 0 spiro atoms. The average molecular weight is 284 g/mol. The fraction of sp³-hybridized carbons (Fsp3) is 0.500. The van der Waals surface area contributed by atoms with Crippen molar-refractivity contribution in [2.45, 2.75) is 20.3 Å².